The molecule has 0 amide bonds. The second-order valence-electron chi connectivity index (χ2n) is 3.15. The van der Waals surface area contributed by atoms with Gasteiger partial charge in [-0.25, -0.2) is 9.78 Å². The highest BCUT2D eigenvalue weighted by atomic mass is 32.1. The number of carbonyl (C=O) groups excluding carboxylic acids is 1. The normalized spacial score (nSPS) is 12.5. The average molecular weight is 229 g/mol. The van der Waals surface area contributed by atoms with E-state index in [4.69, 9.17) is 4.74 Å². The Kier molecular flexibility index (Phi) is 4.71. The zero-order valence-electron chi connectivity index (χ0n) is 9.15. The summed E-state index contributed by atoms with van der Waals surface area (Å²) in [6.45, 7) is 4.17. The third-order valence-corrected chi connectivity index (χ3v) is 3.07. The van der Waals surface area contributed by atoms with Crippen molar-refractivity contribution in [2.75, 3.05) is 13.7 Å². The van der Waals surface area contributed by atoms with Crippen molar-refractivity contribution >= 4 is 17.3 Å². The van der Waals surface area contributed by atoms with Crippen LogP contribution in [0.5, 0.6) is 0 Å². The van der Waals surface area contributed by atoms with Crippen LogP contribution in [0, 0.1) is 6.92 Å². The van der Waals surface area contributed by atoms with E-state index in [9.17, 15) is 4.79 Å². The Morgan fingerprint density at radius 2 is 2.40 bits per heavy atom. The van der Waals surface area contributed by atoms with Crippen LogP contribution in [0.3, 0.4) is 0 Å². The number of hydrogen-bond acceptors (Lipinski definition) is 5. The first-order chi connectivity index (χ1) is 7.15. The van der Waals surface area contributed by atoms with Crippen molar-refractivity contribution in [2.24, 2.45) is 0 Å². The molecule has 0 N–H and O–H groups in total. The molecule has 1 heterocycles. The van der Waals surface area contributed by atoms with Crippen LogP contribution in [0.25, 0.3) is 0 Å². The molecule has 1 aromatic rings. The number of aromatic nitrogens is 1. The lowest BCUT2D eigenvalue weighted by Gasteiger charge is -2.09. The maximum Gasteiger partial charge on any atom is 0.334 e. The summed E-state index contributed by atoms with van der Waals surface area (Å²) < 4.78 is 9.88. The summed E-state index contributed by atoms with van der Waals surface area (Å²) in [5.41, 5.74) is 2.85. The summed E-state index contributed by atoms with van der Waals surface area (Å²) in [4.78, 5) is 16.4. The molecule has 0 saturated heterocycles. The van der Waals surface area contributed by atoms with Gasteiger partial charge in [0, 0.05) is 11.3 Å². The third-order valence-electron chi connectivity index (χ3n) is 2.07. The van der Waals surface area contributed by atoms with Gasteiger partial charge in [-0.1, -0.05) is 0 Å². The zero-order valence-corrected chi connectivity index (χ0v) is 9.97. The fourth-order valence-corrected chi connectivity index (χ4v) is 1.89. The number of carbonyl (C=O) groups is 1. The molecule has 15 heavy (non-hydrogen) atoms. The second kappa shape index (κ2) is 5.82. The maximum atomic E-state index is 11.0. The van der Waals surface area contributed by atoms with E-state index in [0.29, 0.717) is 6.61 Å². The summed E-state index contributed by atoms with van der Waals surface area (Å²) in [6, 6.07) is 0. The number of ether oxygens (including phenoxy) is 2. The molecular weight excluding hydrogens is 214 g/mol. The number of esters is 1. The lowest BCUT2D eigenvalue weighted by molar-refractivity contribution is -0.152. The largest absolute Gasteiger partial charge is 0.467 e. The molecule has 0 spiro atoms. The van der Waals surface area contributed by atoms with Gasteiger partial charge in [0.05, 0.1) is 24.9 Å². The van der Waals surface area contributed by atoms with Gasteiger partial charge in [-0.05, 0) is 13.8 Å². The number of methoxy groups -OCH3 is 1. The molecule has 0 bridgehead atoms. The van der Waals surface area contributed by atoms with Gasteiger partial charge in [0.2, 0.25) is 0 Å². The van der Waals surface area contributed by atoms with E-state index in [1.807, 2.05) is 12.4 Å². The van der Waals surface area contributed by atoms with Gasteiger partial charge >= 0.3 is 5.97 Å². The van der Waals surface area contributed by atoms with E-state index in [2.05, 4.69) is 9.72 Å². The molecule has 0 fully saturated rings. The smallest absolute Gasteiger partial charge is 0.334 e. The highest BCUT2D eigenvalue weighted by molar-refractivity contribution is 7.09. The molecule has 5 heteroatoms. The van der Waals surface area contributed by atoms with Crippen LogP contribution in [0.1, 0.15) is 17.5 Å². The Balaban J connectivity index is 2.28. The summed E-state index contributed by atoms with van der Waals surface area (Å²) in [5, 5.41) is 0. The van der Waals surface area contributed by atoms with Crippen LogP contribution in [-0.2, 0) is 20.7 Å². The Bertz CT molecular complexity index is 324. The lowest BCUT2D eigenvalue weighted by atomic mass is 10.3. The van der Waals surface area contributed by atoms with Crippen molar-refractivity contribution < 1.29 is 14.3 Å². The van der Waals surface area contributed by atoms with Crippen molar-refractivity contribution in [3.63, 3.8) is 0 Å². The number of rotatable bonds is 5. The Morgan fingerprint density at radius 1 is 1.67 bits per heavy atom. The summed E-state index contributed by atoms with van der Waals surface area (Å²) in [6.07, 6.45) is 0.293. The van der Waals surface area contributed by atoms with Crippen LogP contribution < -0.4 is 0 Å². The maximum absolute atomic E-state index is 11.0. The van der Waals surface area contributed by atoms with E-state index in [-0.39, 0.29) is 5.97 Å². The van der Waals surface area contributed by atoms with Gasteiger partial charge in [0.15, 0.2) is 6.10 Å². The van der Waals surface area contributed by atoms with Crippen molar-refractivity contribution in [3.8, 4) is 0 Å². The van der Waals surface area contributed by atoms with Gasteiger partial charge in [-0.15, -0.1) is 11.3 Å². The van der Waals surface area contributed by atoms with Crippen LogP contribution in [0.2, 0.25) is 0 Å². The minimum Gasteiger partial charge on any atom is -0.467 e. The predicted molar refractivity (Wildman–Crippen MR) is 58.0 cm³/mol. The summed E-state index contributed by atoms with van der Waals surface area (Å²) >= 11 is 1.61. The molecule has 0 aliphatic carbocycles. The van der Waals surface area contributed by atoms with Gasteiger partial charge < -0.3 is 9.47 Å². The van der Waals surface area contributed by atoms with Crippen LogP contribution in [0.15, 0.2) is 5.51 Å². The number of hydrogen-bond donors (Lipinski definition) is 0. The summed E-state index contributed by atoms with van der Waals surface area (Å²) in [5.74, 6) is -0.337. The first kappa shape index (κ1) is 12.1. The second-order valence-corrected chi connectivity index (χ2v) is 4.09. The van der Waals surface area contributed by atoms with Crippen LogP contribution in [-0.4, -0.2) is 30.8 Å². The van der Waals surface area contributed by atoms with Crippen molar-refractivity contribution in [1.82, 2.24) is 4.98 Å². The minimum atomic E-state index is -0.497. The van der Waals surface area contributed by atoms with Gasteiger partial charge in [0.1, 0.15) is 0 Å². The molecular formula is C10H15NO3S. The molecule has 0 aliphatic heterocycles. The minimum absolute atomic E-state index is 0.337. The molecule has 1 unspecified atom stereocenters. The standard InChI is InChI=1S/C10H15NO3S/c1-7-9(15-6-11-7)4-5-14-8(2)10(12)13-3/h6,8H,4-5H2,1-3H3. The molecule has 1 rings (SSSR count). The molecule has 4 nitrogen and oxygen atoms in total. The molecule has 1 atom stereocenters. The Morgan fingerprint density at radius 3 is 2.93 bits per heavy atom. The molecule has 0 saturated carbocycles. The number of thiazole rings is 1. The van der Waals surface area contributed by atoms with E-state index < -0.39 is 6.10 Å². The quantitative estimate of drug-likeness (QED) is 0.719. The monoisotopic (exact) mass is 229 g/mol. The summed E-state index contributed by atoms with van der Waals surface area (Å²) in [7, 11) is 1.36. The third kappa shape index (κ3) is 3.60. The fraction of sp³-hybridized carbons (Fsp3) is 0.600. The molecule has 0 aliphatic rings. The van der Waals surface area contributed by atoms with Crippen LogP contribution >= 0.6 is 11.3 Å². The highest BCUT2D eigenvalue weighted by Crippen LogP contribution is 2.12. The topological polar surface area (TPSA) is 48.4 Å². The number of aryl methyl sites for hydroxylation is 1. The van der Waals surface area contributed by atoms with E-state index in [1.54, 1.807) is 18.3 Å². The predicted octanol–water partition coefficient (Wildman–Crippen LogP) is 1.57. The van der Waals surface area contributed by atoms with Crippen molar-refractivity contribution in [2.45, 2.75) is 26.4 Å². The molecule has 0 radical (unpaired) electrons. The molecule has 1 aromatic heterocycles. The van der Waals surface area contributed by atoms with Crippen molar-refractivity contribution in [3.05, 3.63) is 16.1 Å². The van der Waals surface area contributed by atoms with E-state index >= 15 is 0 Å². The molecule has 84 valence electrons. The SMILES string of the molecule is COC(=O)C(C)OCCc1scnc1C. The first-order valence-corrected chi connectivity index (χ1v) is 5.61. The van der Waals surface area contributed by atoms with E-state index in [0.717, 1.165) is 12.1 Å². The van der Waals surface area contributed by atoms with Gasteiger partial charge in [-0.2, -0.15) is 0 Å². The molecule has 0 aromatic carbocycles. The Hall–Kier alpha value is -0.940. The lowest BCUT2D eigenvalue weighted by Crippen LogP contribution is -2.23. The van der Waals surface area contributed by atoms with Crippen LogP contribution in [0.4, 0.5) is 0 Å². The van der Waals surface area contributed by atoms with Gasteiger partial charge in [-0.3, -0.25) is 0 Å². The fourth-order valence-electron chi connectivity index (χ4n) is 1.13. The van der Waals surface area contributed by atoms with E-state index in [1.165, 1.54) is 12.0 Å². The first-order valence-electron chi connectivity index (χ1n) is 4.73. The van der Waals surface area contributed by atoms with Crippen molar-refractivity contribution in [1.29, 1.82) is 0 Å². The Labute approximate surface area is 93.2 Å². The highest BCUT2D eigenvalue weighted by Gasteiger charge is 2.13. The average Bonchev–Trinajstić information content (AvgIpc) is 2.63. The zero-order chi connectivity index (χ0) is 11.3. The number of nitrogens with zero attached hydrogens (tertiary/aromatic N) is 1. The van der Waals surface area contributed by atoms with Gasteiger partial charge in [0.25, 0.3) is 0 Å².